The van der Waals surface area contributed by atoms with Crippen LogP contribution >= 0.6 is 0 Å². The molecule has 0 atom stereocenters. The maximum absolute atomic E-state index is 12.7. The van der Waals surface area contributed by atoms with E-state index in [1.807, 2.05) is 0 Å². The number of ether oxygens (including phenoxy) is 3. The Labute approximate surface area is 154 Å². The molecular weight excluding hydrogens is 363 g/mol. The third-order valence-electron chi connectivity index (χ3n) is 4.12. The molecule has 1 amide bonds. The van der Waals surface area contributed by atoms with Crippen molar-refractivity contribution >= 4 is 5.91 Å². The molecule has 2 aromatic carbocycles. The summed E-state index contributed by atoms with van der Waals surface area (Å²) in [6.45, 7) is 0.924. The summed E-state index contributed by atoms with van der Waals surface area (Å²) in [4.78, 5) is 14.1. The second-order valence-corrected chi connectivity index (χ2v) is 6.06. The summed E-state index contributed by atoms with van der Waals surface area (Å²) in [5, 5.41) is 0. The highest BCUT2D eigenvalue weighted by molar-refractivity contribution is 5.95. The number of methoxy groups -OCH3 is 1. The minimum atomic E-state index is -4.39. The first-order valence-corrected chi connectivity index (χ1v) is 8.19. The van der Waals surface area contributed by atoms with Gasteiger partial charge in [0.15, 0.2) is 11.5 Å². The van der Waals surface area contributed by atoms with Gasteiger partial charge in [0.25, 0.3) is 5.91 Å². The van der Waals surface area contributed by atoms with Gasteiger partial charge in [-0.2, -0.15) is 13.2 Å². The van der Waals surface area contributed by atoms with Gasteiger partial charge in [0, 0.05) is 19.2 Å². The van der Waals surface area contributed by atoms with Crippen molar-refractivity contribution in [3.63, 3.8) is 0 Å². The van der Waals surface area contributed by atoms with Crippen molar-refractivity contribution in [2.75, 3.05) is 27.4 Å². The zero-order chi connectivity index (χ0) is 19.6. The van der Waals surface area contributed by atoms with E-state index in [4.69, 9.17) is 14.2 Å². The molecule has 1 aliphatic rings. The Morgan fingerprint density at radius 1 is 1.15 bits per heavy atom. The predicted molar refractivity (Wildman–Crippen MR) is 91.2 cm³/mol. The molecule has 8 heteroatoms. The zero-order valence-corrected chi connectivity index (χ0v) is 14.8. The standard InChI is InChI=1S/C19H18F3NO4/c1-23(11-12-3-5-14(6-4-12)19(20,21)22)18(24)13-9-15(25-2)17-16(10-13)26-7-8-27-17/h3-6,9-10H,7-8,11H2,1-2H3. The van der Waals surface area contributed by atoms with Crippen LogP contribution in [0.3, 0.4) is 0 Å². The molecule has 0 fully saturated rings. The number of fused-ring (bicyclic) bond motifs is 1. The Morgan fingerprint density at radius 2 is 1.81 bits per heavy atom. The molecule has 144 valence electrons. The Morgan fingerprint density at radius 3 is 2.44 bits per heavy atom. The van der Waals surface area contributed by atoms with Crippen molar-refractivity contribution in [1.29, 1.82) is 0 Å². The van der Waals surface area contributed by atoms with Crippen LogP contribution in [0.5, 0.6) is 17.2 Å². The van der Waals surface area contributed by atoms with E-state index in [1.165, 1.54) is 24.1 Å². The fourth-order valence-electron chi connectivity index (χ4n) is 2.76. The van der Waals surface area contributed by atoms with E-state index < -0.39 is 11.7 Å². The molecule has 0 spiro atoms. The van der Waals surface area contributed by atoms with Gasteiger partial charge in [0.05, 0.1) is 12.7 Å². The molecule has 27 heavy (non-hydrogen) atoms. The van der Waals surface area contributed by atoms with Gasteiger partial charge in [0.2, 0.25) is 5.75 Å². The maximum Gasteiger partial charge on any atom is 0.416 e. The van der Waals surface area contributed by atoms with E-state index in [-0.39, 0.29) is 12.5 Å². The number of alkyl halides is 3. The van der Waals surface area contributed by atoms with Crippen molar-refractivity contribution in [1.82, 2.24) is 4.90 Å². The molecule has 0 bridgehead atoms. The first-order valence-electron chi connectivity index (χ1n) is 8.19. The first kappa shape index (κ1) is 18.9. The number of hydrogen-bond acceptors (Lipinski definition) is 4. The van der Waals surface area contributed by atoms with Crippen molar-refractivity contribution < 1.29 is 32.2 Å². The highest BCUT2D eigenvalue weighted by atomic mass is 19.4. The summed E-state index contributed by atoms with van der Waals surface area (Å²) in [7, 11) is 3.04. The van der Waals surface area contributed by atoms with Crippen LogP contribution in [0.1, 0.15) is 21.5 Å². The van der Waals surface area contributed by atoms with Gasteiger partial charge >= 0.3 is 6.18 Å². The Bertz CT molecular complexity index is 817. The van der Waals surface area contributed by atoms with Crippen molar-refractivity contribution in [2.24, 2.45) is 0 Å². The maximum atomic E-state index is 12.7. The summed E-state index contributed by atoms with van der Waals surface area (Å²) in [5.41, 5.74) is 0.200. The lowest BCUT2D eigenvalue weighted by Gasteiger charge is -2.23. The molecule has 1 aliphatic heterocycles. The monoisotopic (exact) mass is 381 g/mol. The molecule has 0 aliphatic carbocycles. The van der Waals surface area contributed by atoms with Crippen molar-refractivity contribution in [3.8, 4) is 17.2 Å². The number of carbonyl (C=O) groups excluding carboxylic acids is 1. The highest BCUT2D eigenvalue weighted by Crippen LogP contribution is 2.40. The zero-order valence-electron chi connectivity index (χ0n) is 14.8. The normalized spacial score (nSPS) is 13.2. The smallest absolute Gasteiger partial charge is 0.416 e. The second kappa shape index (κ2) is 7.38. The van der Waals surface area contributed by atoms with E-state index >= 15 is 0 Å². The summed E-state index contributed by atoms with van der Waals surface area (Å²) in [5.74, 6) is 0.946. The van der Waals surface area contributed by atoms with E-state index in [9.17, 15) is 18.0 Å². The van der Waals surface area contributed by atoms with Crippen LogP contribution in [0.2, 0.25) is 0 Å². The third-order valence-corrected chi connectivity index (χ3v) is 4.12. The molecule has 0 radical (unpaired) electrons. The van der Waals surface area contributed by atoms with E-state index in [0.717, 1.165) is 12.1 Å². The average molecular weight is 381 g/mol. The van der Waals surface area contributed by atoms with Gasteiger partial charge < -0.3 is 19.1 Å². The van der Waals surface area contributed by atoms with Crippen LogP contribution in [-0.4, -0.2) is 38.2 Å². The summed E-state index contributed by atoms with van der Waals surface area (Å²) in [6.07, 6.45) is -4.39. The highest BCUT2D eigenvalue weighted by Gasteiger charge is 2.30. The lowest BCUT2D eigenvalue weighted by molar-refractivity contribution is -0.137. The summed E-state index contributed by atoms with van der Waals surface area (Å²) >= 11 is 0. The average Bonchev–Trinajstić information content (AvgIpc) is 2.66. The SMILES string of the molecule is COc1cc(C(=O)N(C)Cc2ccc(C(F)(F)F)cc2)cc2c1OCCO2. The van der Waals surface area contributed by atoms with Crippen LogP contribution in [0.4, 0.5) is 13.2 Å². The van der Waals surface area contributed by atoms with Gasteiger partial charge in [-0.05, 0) is 29.8 Å². The second-order valence-electron chi connectivity index (χ2n) is 6.06. The number of rotatable bonds is 4. The largest absolute Gasteiger partial charge is 0.493 e. The number of nitrogens with zero attached hydrogens (tertiary/aromatic N) is 1. The summed E-state index contributed by atoms with van der Waals surface area (Å²) < 4.78 is 54.2. The number of halogens is 3. The van der Waals surface area contributed by atoms with Crippen LogP contribution in [0.15, 0.2) is 36.4 Å². The molecule has 5 nitrogen and oxygen atoms in total. The molecule has 0 N–H and O–H groups in total. The topological polar surface area (TPSA) is 48.0 Å². The molecular formula is C19H18F3NO4. The van der Waals surface area contributed by atoms with Crippen LogP contribution in [0.25, 0.3) is 0 Å². The molecule has 1 heterocycles. The fourth-order valence-corrected chi connectivity index (χ4v) is 2.76. The number of benzene rings is 2. The molecule has 2 aromatic rings. The first-order chi connectivity index (χ1) is 12.8. The number of hydrogen-bond donors (Lipinski definition) is 0. The predicted octanol–water partition coefficient (Wildman–Crippen LogP) is 3.76. The lowest BCUT2D eigenvalue weighted by atomic mass is 10.1. The Kier molecular flexibility index (Phi) is 5.16. The lowest BCUT2D eigenvalue weighted by Crippen LogP contribution is -2.26. The Balaban J connectivity index is 1.77. The van der Waals surface area contributed by atoms with Gasteiger partial charge in [-0.1, -0.05) is 12.1 Å². The van der Waals surface area contributed by atoms with E-state index in [1.54, 1.807) is 19.2 Å². The number of amides is 1. The Hall–Kier alpha value is -2.90. The van der Waals surface area contributed by atoms with Crippen LogP contribution in [0, 0.1) is 0 Å². The molecule has 0 saturated carbocycles. The van der Waals surface area contributed by atoms with Gasteiger partial charge in [0.1, 0.15) is 13.2 Å². The van der Waals surface area contributed by atoms with Gasteiger partial charge in [-0.3, -0.25) is 4.79 Å². The van der Waals surface area contributed by atoms with Gasteiger partial charge in [-0.25, -0.2) is 0 Å². The molecule has 0 aromatic heterocycles. The van der Waals surface area contributed by atoms with Crippen molar-refractivity contribution in [2.45, 2.75) is 12.7 Å². The van der Waals surface area contributed by atoms with Crippen molar-refractivity contribution in [3.05, 3.63) is 53.1 Å². The molecule has 0 saturated heterocycles. The molecule has 0 unspecified atom stereocenters. The van der Waals surface area contributed by atoms with E-state index in [0.29, 0.717) is 41.6 Å². The quantitative estimate of drug-likeness (QED) is 0.809. The minimum absolute atomic E-state index is 0.160. The third kappa shape index (κ3) is 4.10. The molecule has 3 rings (SSSR count). The fraction of sp³-hybridized carbons (Fsp3) is 0.316. The summed E-state index contributed by atoms with van der Waals surface area (Å²) in [6, 6.07) is 7.84. The minimum Gasteiger partial charge on any atom is -0.493 e. The van der Waals surface area contributed by atoms with E-state index in [2.05, 4.69) is 0 Å². The van der Waals surface area contributed by atoms with Gasteiger partial charge in [-0.15, -0.1) is 0 Å². The van der Waals surface area contributed by atoms with Crippen LogP contribution < -0.4 is 14.2 Å². The van der Waals surface area contributed by atoms with Crippen LogP contribution in [-0.2, 0) is 12.7 Å². The number of carbonyl (C=O) groups is 1.